The number of carbonyl (C=O) groups excluding carboxylic acids is 2. The second-order valence-corrected chi connectivity index (χ2v) is 8.45. The highest BCUT2D eigenvalue weighted by atomic mass is 35.5. The first-order chi connectivity index (χ1) is 16.7. The Morgan fingerprint density at radius 3 is 2.71 bits per heavy atom. The molecule has 1 aliphatic rings. The molecule has 0 unspecified atom stereocenters. The molecule has 2 aromatic rings. The minimum absolute atomic E-state index is 0.0176. The van der Waals surface area contributed by atoms with E-state index in [1.807, 2.05) is 31.2 Å². The number of allylic oxidation sites excluding steroid dienone is 2. The quantitative estimate of drug-likeness (QED) is 0.304. The number of para-hydroxylation sites is 1. The van der Waals surface area contributed by atoms with Crippen molar-refractivity contribution in [3.05, 3.63) is 83.5 Å². The van der Waals surface area contributed by atoms with Gasteiger partial charge in [-0.2, -0.15) is 0 Å². The molecule has 3 rings (SSSR count). The van der Waals surface area contributed by atoms with E-state index < -0.39 is 5.97 Å². The number of fused-ring (bicyclic) bond motifs is 1. The van der Waals surface area contributed by atoms with E-state index in [0.29, 0.717) is 16.9 Å². The van der Waals surface area contributed by atoms with Crippen LogP contribution in [0.15, 0.2) is 67.4 Å². The molecule has 2 aromatic carbocycles. The van der Waals surface area contributed by atoms with Gasteiger partial charge in [-0.1, -0.05) is 42.5 Å². The molecule has 35 heavy (non-hydrogen) atoms. The van der Waals surface area contributed by atoms with Crippen LogP contribution in [0.25, 0.3) is 0 Å². The molecule has 9 nitrogen and oxygen atoms in total. The molecular formula is C25H28ClN5O4. The van der Waals surface area contributed by atoms with Crippen LogP contribution in [0, 0.1) is 0 Å². The van der Waals surface area contributed by atoms with Crippen LogP contribution in [0.1, 0.15) is 29.3 Å². The molecule has 0 bridgehead atoms. The molecule has 3 amide bonds. The lowest BCUT2D eigenvalue weighted by atomic mass is 10.1. The Labute approximate surface area is 209 Å². The maximum Gasteiger partial charge on any atom is 0.318 e. The molecule has 0 saturated carbocycles. The first-order valence-electron chi connectivity index (χ1n) is 11.0. The number of hydrogen-bond donors (Lipinski definition) is 3. The molecule has 184 valence electrons. The molecule has 0 fully saturated rings. The first-order valence-corrected chi connectivity index (χ1v) is 11.4. The highest BCUT2D eigenvalue weighted by Gasteiger charge is 2.32. The lowest BCUT2D eigenvalue weighted by Gasteiger charge is -2.29. The second kappa shape index (κ2) is 11.5. The number of anilines is 2. The van der Waals surface area contributed by atoms with Crippen molar-refractivity contribution in [3.8, 4) is 0 Å². The van der Waals surface area contributed by atoms with Crippen LogP contribution in [-0.4, -0.2) is 47.0 Å². The average molecular weight is 498 g/mol. The predicted molar refractivity (Wildman–Crippen MR) is 136 cm³/mol. The summed E-state index contributed by atoms with van der Waals surface area (Å²) in [4.78, 5) is 40.4. The van der Waals surface area contributed by atoms with E-state index in [1.165, 1.54) is 5.01 Å². The number of nitrogens with zero attached hydrogens (tertiary/aromatic N) is 3. The summed E-state index contributed by atoms with van der Waals surface area (Å²) in [5.74, 6) is 4.69. The Kier molecular flexibility index (Phi) is 8.51. The number of benzene rings is 2. The Bertz CT molecular complexity index is 1150. The Hall–Kier alpha value is -3.82. The van der Waals surface area contributed by atoms with Gasteiger partial charge < -0.3 is 20.2 Å². The number of amides is 3. The van der Waals surface area contributed by atoms with Gasteiger partial charge in [0, 0.05) is 37.6 Å². The molecule has 0 radical (unpaired) electrons. The van der Waals surface area contributed by atoms with Crippen LogP contribution in [0.5, 0.6) is 0 Å². The minimum Gasteiger partial charge on any atom is -0.481 e. The highest BCUT2D eigenvalue weighted by Crippen LogP contribution is 2.31. The maximum atomic E-state index is 13.6. The number of urea groups is 1. The van der Waals surface area contributed by atoms with E-state index >= 15 is 0 Å². The third-order valence-electron chi connectivity index (χ3n) is 5.59. The van der Waals surface area contributed by atoms with Crippen LogP contribution in [0.3, 0.4) is 0 Å². The average Bonchev–Trinajstić information content (AvgIpc) is 2.98. The van der Waals surface area contributed by atoms with Gasteiger partial charge in [-0.15, -0.1) is 0 Å². The Morgan fingerprint density at radius 2 is 2.03 bits per heavy atom. The van der Waals surface area contributed by atoms with Crippen molar-refractivity contribution in [2.45, 2.75) is 25.9 Å². The number of halogens is 1. The van der Waals surface area contributed by atoms with Crippen molar-refractivity contribution in [2.75, 3.05) is 23.0 Å². The summed E-state index contributed by atoms with van der Waals surface area (Å²) in [6.07, 6.45) is 4.70. The standard InChI is InChI=1S/C25H28ClN5O4/c1-3-4-13-31(27)19-9-10-20(21(26)14-19)24(34)30-15-17(2)29(25(35)28-12-11-23(32)33)16-18-7-5-6-8-22(18)30/h3-10,13-14,17H,1,11-12,15-16,27H2,2H3,(H,28,35)(H,32,33)/b13-4-/t17-/m1/s1. The van der Waals surface area contributed by atoms with Crippen LogP contribution in [0.2, 0.25) is 5.02 Å². The molecule has 0 spiro atoms. The topological polar surface area (TPSA) is 119 Å². The van der Waals surface area contributed by atoms with Crippen molar-refractivity contribution in [1.29, 1.82) is 0 Å². The van der Waals surface area contributed by atoms with E-state index in [2.05, 4.69) is 11.9 Å². The van der Waals surface area contributed by atoms with Crippen LogP contribution in [-0.2, 0) is 11.3 Å². The predicted octanol–water partition coefficient (Wildman–Crippen LogP) is 3.76. The Morgan fingerprint density at radius 1 is 1.29 bits per heavy atom. The smallest absolute Gasteiger partial charge is 0.318 e. The second-order valence-electron chi connectivity index (χ2n) is 8.05. The van der Waals surface area contributed by atoms with Gasteiger partial charge in [0.2, 0.25) is 0 Å². The molecule has 1 atom stereocenters. The van der Waals surface area contributed by atoms with Crippen molar-refractivity contribution in [2.24, 2.45) is 5.84 Å². The number of carbonyl (C=O) groups is 3. The number of carboxylic acid groups (broad SMARTS) is 1. The van der Waals surface area contributed by atoms with Crippen LogP contribution < -0.4 is 21.1 Å². The van der Waals surface area contributed by atoms with Crippen molar-refractivity contribution in [1.82, 2.24) is 10.2 Å². The van der Waals surface area contributed by atoms with Gasteiger partial charge in [0.05, 0.1) is 22.7 Å². The number of carboxylic acids is 1. The summed E-state index contributed by atoms with van der Waals surface area (Å²) in [5, 5.41) is 13.1. The number of aliphatic carboxylic acids is 1. The summed E-state index contributed by atoms with van der Waals surface area (Å²) in [6, 6.07) is 11.5. The molecule has 1 heterocycles. The van der Waals surface area contributed by atoms with Crippen LogP contribution >= 0.6 is 11.6 Å². The summed E-state index contributed by atoms with van der Waals surface area (Å²) >= 11 is 6.49. The number of hydrazine groups is 1. The SMILES string of the molecule is C=C/C=C\N(N)c1ccc(C(=O)N2C[C@@H](C)N(C(=O)NCCC(=O)O)Cc3ccccc32)c(Cl)c1. The summed E-state index contributed by atoms with van der Waals surface area (Å²) < 4.78 is 0. The van der Waals surface area contributed by atoms with Gasteiger partial charge in [0.25, 0.3) is 5.91 Å². The van der Waals surface area contributed by atoms with Crippen LogP contribution in [0.4, 0.5) is 16.2 Å². The number of nitrogens with two attached hydrogens (primary N) is 1. The molecule has 0 aliphatic carbocycles. The summed E-state index contributed by atoms with van der Waals surface area (Å²) in [5.41, 5.74) is 2.37. The van der Waals surface area contributed by atoms with E-state index in [-0.39, 0.29) is 49.1 Å². The van der Waals surface area contributed by atoms with Gasteiger partial charge in [0.1, 0.15) is 0 Å². The van der Waals surface area contributed by atoms with Crippen molar-refractivity contribution < 1.29 is 19.5 Å². The third kappa shape index (κ3) is 6.20. The number of hydrogen-bond acceptors (Lipinski definition) is 5. The van der Waals surface area contributed by atoms with Gasteiger partial charge in [-0.05, 0) is 42.8 Å². The summed E-state index contributed by atoms with van der Waals surface area (Å²) in [6.45, 7) is 5.96. The molecule has 4 N–H and O–H groups in total. The maximum absolute atomic E-state index is 13.6. The summed E-state index contributed by atoms with van der Waals surface area (Å²) in [7, 11) is 0. The zero-order valence-electron chi connectivity index (χ0n) is 19.4. The van der Waals surface area contributed by atoms with Gasteiger partial charge in [0.15, 0.2) is 0 Å². The number of nitrogens with one attached hydrogen (secondary N) is 1. The zero-order chi connectivity index (χ0) is 25.5. The minimum atomic E-state index is -0.992. The fraction of sp³-hybridized carbons (Fsp3) is 0.240. The molecule has 0 saturated heterocycles. The van der Waals surface area contributed by atoms with Crippen molar-refractivity contribution >= 4 is 40.9 Å². The van der Waals surface area contributed by atoms with E-state index in [1.54, 1.807) is 46.4 Å². The molecular weight excluding hydrogens is 470 g/mol. The third-order valence-corrected chi connectivity index (χ3v) is 5.90. The fourth-order valence-corrected chi connectivity index (χ4v) is 4.03. The van der Waals surface area contributed by atoms with E-state index in [0.717, 1.165) is 5.56 Å². The lowest BCUT2D eigenvalue weighted by Crippen LogP contribution is -2.48. The zero-order valence-corrected chi connectivity index (χ0v) is 20.1. The fourth-order valence-electron chi connectivity index (χ4n) is 3.77. The van der Waals surface area contributed by atoms with Gasteiger partial charge in [-0.25, -0.2) is 10.6 Å². The van der Waals surface area contributed by atoms with Gasteiger partial charge >= 0.3 is 12.0 Å². The van der Waals surface area contributed by atoms with E-state index in [4.69, 9.17) is 22.6 Å². The monoisotopic (exact) mass is 497 g/mol. The van der Waals surface area contributed by atoms with E-state index in [9.17, 15) is 14.4 Å². The van der Waals surface area contributed by atoms with Crippen molar-refractivity contribution in [3.63, 3.8) is 0 Å². The van der Waals surface area contributed by atoms with Gasteiger partial charge in [-0.3, -0.25) is 14.6 Å². The number of rotatable bonds is 7. The molecule has 0 aromatic heterocycles. The Balaban J connectivity index is 1.88. The normalized spacial score (nSPS) is 15.3. The largest absolute Gasteiger partial charge is 0.481 e. The lowest BCUT2D eigenvalue weighted by molar-refractivity contribution is -0.136. The molecule has 1 aliphatic heterocycles. The first kappa shape index (κ1) is 25.8. The highest BCUT2D eigenvalue weighted by molar-refractivity contribution is 6.34. The molecule has 10 heteroatoms.